The lowest BCUT2D eigenvalue weighted by Crippen LogP contribution is -1.92. The first kappa shape index (κ1) is 16.0. The van der Waals surface area contributed by atoms with Crippen LogP contribution >= 0.6 is 22.9 Å². The smallest absolute Gasteiger partial charge is 0.173 e. The number of thiazole rings is 1. The summed E-state index contributed by atoms with van der Waals surface area (Å²) in [6.45, 7) is 3.81. The average Bonchev–Trinajstić information content (AvgIpc) is 3.31. The van der Waals surface area contributed by atoms with Crippen LogP contribution in [0.1, 0.15) is 22.7 Å². The van der Waals surface area contributed by atoms with Crippen LogP contribution in [0.4, 0.5) is 0 Å². The molecule has 6 nitrogen and oxygen atoms in total. The molecular weight excluding hydrogens is 358 g/mol. The maximum absolute atomic E-state index is 5.98. The Balaban J connectivity index is 1.80. The zero-order valence-electron chi connectivity index (χ0n) is 13.6. The summed E-state index contributed by atoms with van der Waals surface area (Å²) in [6, 6.07) is 7.77. The molecule has 0 fully saturated rings. The Kier molecular flexibility index (Phi) is 4.10. The molecule has 4 rings (SSSR count). The van der Waals surface area contributed by atoms with E-state index in [9.17, 15) is 0 Å². The van der Waals surface area contributed by atoms with E-state index in [1.54, 1.807) is 17.7 Å². The van der Waals surface area contributed by atoms with Crippen molar-refractivity contribution in [2.75, 3.05) is 0 Å². The molecule has 0 aliphatic carbocycles. The van der Waals surface area contributed by atoms with Crippen LogP contribution in [0.2, 0.25) is 5.02 Å². The highest BCUT2D eigenvalue weighted by molar-refractivity contribution is 7.18. The number of rotatable bonds is 4. The third-order valence-corrected chi connectivity index (χ3v) is 5.24. The predicted octanol–water partition coefficient (Wildman–Crippen LogP) is 4.44. The number of benzene rings is 1. The van der Waals surface area contributed by atoms with Crippen LogP contribution in [-0.4, -0.2) is 25.3 Å². The van der Waals surface area contributed by atoms with Crippen LogP contribution in [0.25, 0.3) is 21.3 Å². The molecule has 3 heterocycles. The van der Waals surface area contributed by atoms with Crippen molar-refractivity contribution >= 4 is 22.9 Å². The molecule has 3 aromatic heterocycles. The first-order valence-corrected chi connectivity index (χ1v) is 8.85. The van der Waals surface area contributed by atoms with Gasteiger partial charge in [-0.25, -0.2) is 4.98 Å². The minimum Gasteiger partial charge on any atom is -0.361 e. The van der Waals surface area contributed by atoms with Crippen molar-refractivity contribution in [3.63, 3.8) is 0 Å². The van der Waals surface area contributed by atoms with Crippen LogP contribution in [0, 0.1) is 13.8 Å². The zero-order valence-corrected chi connectivity index (χ0v) is 15.1. The van der Waals surface area contributed by atoms with E-state index in [-0.39, 0.29) is 0 Å². The Hall–Kier alpha value is -2.51. The summed E-state index contributed by atoms with van der Waals surface area (Å²) in [5, 5.41) is 13.7. The number of hydrogen-bond acceptors (Lipinski definition) is 6. The summed E-state index contributed by atoms with van der Waals surface area (Å²) < 4.78 is 5.29. The van der Waals surface area contributed by atoms with E-state index in [0.717, 1.165) is 38.2 Å². The quantitative estimate of drug-likeness (QED) is 0.573. The lowest BCUT2D eigenvalue weighted by Gasteiger charge is -2.01. The minimum atomic E-state index is 0.674. The predicted molar refractivity (Wildman–Crippen MR) is 96.7 cm³/mol. The zero-order chi connectivity index (χ0) is 17.4. The molecule has 0 saturated carbocycles. The van der Waals surface area contributed by atoms with Crippen LogP contribution in [-0.2, 0) is 6.42 Å². The molecule has 0 spiro atoms. The van der Waals surface area contributed by atoms with Crippen molar-refractivity contribution in [3.8, 4) is 21.3 Å². The van der Waals surface area contributed by atoms with Crippen molar-refractivity contribution < 1.29 is 4.52 Å². The summed E-state index contributed by atoms with van der Waals surface area (Å²) >= 11 is 7.53. The van der Waals surface area contributed by atoms with Crippen LogP contribution in [0.5, 0.6) is 0 Å². The molecule has 126 valence electrons. The number of aryl methyl sites for hydroxylation is 2. The molecule has 0 atom stereocenters. The number of H-pyrrole nitrogens is 1. The fraction of sp³-hybridized carbons (Fsp3) is 0.176. The summed E-state index contributed by atoms with van der Waals surface area (Å²) in [5.74, 6) is 1.47. The molecule has 8 heteroatoms. The molecule has 4 aromatic rings. The maximum atomic E-state index is 5.98. The monoisotopic (exact) mass is 371 g/mol. The van der Waals surface area contributed by atoms with E-state index in [1.165, 1.54) is 0 Å². The summed E-state index contributed by atoms with van der Waals surface area (Å²) in [4.78, 5) is 8.87. The van der Waals surface area contributed by atoms with Gasteiger partial charge in [-0.15, -0.1) is 21.5 Å². The van der Waals surface area contributed by atoms with Gasteiger partial charge in [-0.2, -0.15) is 0 Å². The average molecular weight is 372 g/mol. The second-order valence-electron chi connectivity index (χ2n) is 5.63. The highest BCUT2D eigenvalue weighted by Crippen LogP contribution is 2.37. The molecule has 0 amide bonds. The Morgan fingerprint density at radius 3 is 2.64 bits per heavy atom. The number of hydrogen-bond donors (Lipinski definition) is 1. The van der Waals surface area contributed by atoms with Gasteiger partial charge in [0.1, 0.15) is 17.1 Å². The Morgan fingerprint density at radius 2 is 2.00 bits per heavy atom. The van der Waals surface area contributed by atoms with E-state index in [0.29, 0.717) is 17.3 Å². The van der Waals surface area contributed by atoms with Gasteiger partial charge in [0.25, 0.3) is 0 Å². The van der Waals surface area contributed by atoms with Gasteiger partial charge >= 0.3 is 0 Å². The summed E-state index contributed by atoms with van der Waals surface area (Å²) in [6.07, 6.45) is 2.24. The molecule has 0 aliphatic rings. The van der Waals surface area contributed by atoms with Gasteiger partial charge in [0.2, 0.25) is 0 Å². The standard InChI is InChI=1S/C17H14ClN5OS/c1-9-14(10(2)24-23-9)17-21-13(7-11-3-5-12(18)6-4-11)15(25-17)16-19-8-20-22-16/h3-6,8H,7H2,1-2H3,(H,19,20,22). The Labute approximate surface area is 152 Å². The number of aromatic amines is 1. The van der Waals surface area contributed by atoms with E-state index < -0.39 is 0 Å². The van der Waals surface area contributed by atoms with Gasteiger partial charge in [-0.3, -0.25) is 0 Å². The second kappa shape index (κ2) is 6.42. The molecule has 0 saturated heterocycles. The molecule has 0 aliphatic heterocycles. The molecule has 1 N–H and O–H groups in total. The van der Waals surface area contributed by atoms with Crippen molar-refractivity contribution in [2.24, 2.45) is 0 Å². The second-order valence-corrected chi connectivity index (χ2v) is 7.07. The maximum Gasteiger partial charge on any atom is 0.173 e. The van der Waals surface area contributed by atoms with Crippen LogP contribution < -0.4 is 0 Å². The highest BCUT2D eigenvalue weighted by atomic mass is 35.5. The molecule has 25 heavy (non-hydrogen) atoms. The first-order chi connectivity index (χ1) is 12.1. The van der Waals surface area contributed by atoms with E-state index in [1.807, 2.05) is 38.1 Å². The van der Waals surface area contributed by atoms with Gasteiger partial charge in [0, 0.05) is 11.4 Å². The van der Waals surface area contributed by atoms with Crippen LogP contribution in [0.3, 0.4) is 0 Å². The first-order valence-electron chi connectivity index (χ1n) is 7.65. The number of halogens is 1. The Bertz CT molecular complexity index is 985. The molecule has 0 radical (unpaired) electrons. The normalized spacial score (nSPS) is 11.2. The van der Waals surface area contributed by atoms with Gasteiger partial charge in [0.15, 0.2) is 5.82 Å². The molecular formula is C17H14ClN5OS. The lowest BCUT2D eigenvalue weighted by molar-refractivity contribution is 0.393. The Morgan fingerprint density at radius 1 is 1.20 bits per heavy atom. The number of aromatic nitrogens is 5. The van der Waals surface area contributed by atoms with Crippen molar-refractivity contribution in [2.45, 2.75) is 20.3 Å². The third kappa shape index (κ3) is 3.08. The fourth-order valence-corrected chi connectivity index (χ4v) is 3.96. The number of nitrogens with zero attached hydrogens (tertiary/aromatic N) is 4. The van der Waals surface area contributed by atoms with E-state index in [2.05, 4.69) is 20.3 Å². The highest BCUT2D eigenvalue weighted by Gasteiger charge is 2.21. The third-order valence-electron chi connectivity index (χ3n) is 3.86. The lowest BCUT2D eigenvalue weighted by atomic mass is 10.1. The topological polar surface area (TPSA) is 80.5 Å². The number of nitrogens with one attached hydrogen (secondary N) is 1. The van der Waals surface area contributed by atoms with Gasteiger partial charge in [-0.05, 0) is 31.5 Å². The van der Waals surface area contributed by atoms with Crippen molar-refractivity contribution in [1.82, 2.24) is 25.3 Å². The molecule has 0 bridgehead atoms. The minimum absolute atomic E-state index is 0.674. The van der Waals surface area contributed by atoms with Gasteiger partial charge in [-0.1, -0.05) is 28.9 Å². The van der Waals surface area contributed by atoms with Crippen molar-refractivity contribution in [3.05, 3.63) is 58.3 Å². The molecule has 0 unspecified atom stereocenters. The van der Waals surface area contributed by atoms with Gasteiger partial charge < -0.3 is 9.51 Å². The molecule has 1 aromatic carbocycles. The summed E-state index contributed by atoms with van der Waals surface area (Å²) in [5.41, 5.74) is 3.82. The van der Waals surface area contributed by atoms with E-state index >= 15 is 0 Å². The summed E-state index contributed by atoms with van der Waals surface area (Å²) in [7, 11) is 0. The van der Waals surface area contributed by atoms with E-state index in [4.69, 9.17) is 21.1 Å². The van der Waals surface area contributed by atoms with Crippen molar-refractivity contribution in [1.29, 1.82) is 0 Å². The van der Waals surface area contributed by atoms with Gasteiger partial charge in [0.05, 0.1) is 21.8 Å². The largest absolute Gasteiger partial charge is 0.361 e. The van der Waals surface area contributed by atoms with Crippen LogP contribution in [0.15, 0.2) is 35.1 Å². The SMILES string of the molecule is Cc1noc(C)c1-c1nc(Cc2ccc(Cl)cc2)c(-c2nnc[nH]2)s1. The fourth-order valence-electron chi connectivity index (χ4n) is 2.66.